The summed E-state index contributed by atoms with van der Waals surface area (Å²) in [5.74, 6) is 0.0571. The fraction of sp³-hybridized carbons (Fsp3) is 0.476. The summed E-state index contributed by atoms with van der Waals surface area (Å²) in [5.41, 5.74) is 2.93. The van der Waals surface area contributed by atoms with Gasteiger partial charge in [-0.15, -0.1) is 0 Å². The minimum atomic E-state index is -0.219. The van der Waals surface area contributed by atoms with Crippen molar-refractivity contribution in [2.24, 2.45) is 0 Å². The zero-order valence-corrected chi connectivity index (χ0v) is 15.8. The predicted octanol–water partition coefficient (Wildman–Crippen LogP) is 2.18. The Bertz CT molecular complexity index is 788. The Morgan fingerprint density at radius 3 is 2.74 bits per heavy atom. The van der Waals surface area contributed by atoms with Crippen molar-refractivity contribution in [2.75, 3.05) is 26.2 Å². The van der Waals surface area contributed by atoms with Crippen molar-refractivity contribution in [2.45, 2.75) is 38.5 Å². The summed E-state index contributed by atoms with van der Waals surface area (Å²) in [6.45, 7) is 6.23. The van der Waals surface area contributed by atoms with Crippen LogP contribution < -0.4 is 0 Å². The van der Waals surface area contributed by atoms with Crippen molar-refractivity contribution in [3.05, 3.63) is 59.7 Å². The predicted molar refractivity (Wildman–Crippen MR) is 102 cm³/mol. The van der Waals surface area contributed by atoms with E-state index in [2.05, 4.69) is 20.9 Å². The van der Waals surface area contributed by atoms with Gasteiger partial charge in [0.05, 0.1) is 24.4 Å². The van der Waals surface area contributed by atoms with E-state index in [0.717, 1.165) is 43.9 Å². The van der Waals surface area contributed by atoms with Gasteiger partial charge in [0.15, 0.2) is 0 Å². The molecule has 2 fully saturated rings. The Kier molecular flexibility index (Phi) is 5.18. The lowest BCUT2D eigenvalue weighted by molar-refractivity contribution is -0.172. The topological polar surface area (TPSA) is 58.6 Å². The van der Waals surface area contributed by atoms with Gasteiger partial charge in [-0.1, -0.05) is 12.1 Å². The highest BCUT2D eigenvalue weighted by molar-refractivity contribution is 5.78. The molecule has 0 aliphatic carbocycles. The fourth-order valence-electron chi connectivity index (χ4n) is 3.99. The lowest BCUT2D eigenvalue weighted by atomic mass is 9.89. The SMILES string of the molecule is Cc1cccc(CN2CC3(CCN(Cc4cccnc4)CC3)OCC2=O)n1. The number of aryl methyl sites for hydroxylation is 1. The first kappa shape index (κ1) is 18.1. The summed E-state index contributed by atoms with van der Waals surface area (Å²) in [6, 6.07) is 10.1. The van der Waals surface area contributed by atoms with Crippen LogP contribution in [0.5, 0.6) is 0 Å². The quantitative estimate of drug-likeness (QED) is 0.830. The smallest absolute Gasteiger partial charge is 0.249 e. The van der Waals surface area contributed by atoms with Gasteiger partial charge in [0, 0.05) is 37.7 Å². The maximum atomic E-state index is 12.4. The van der Waals surface area contributed by atoms with E-state index in [1.54, 1.807) is 6.20 Å². The summed E-state index contributed by atoms with van der Waals surface area (Å²) < 4.78 is 6.06. The van der Waals surface area contributed by atoms with Gasteiger partial charge in [-0.2, -0.15) is 0 Å². The zero-order chi connectivity index (χ0) is 18.7. The van der Waals surface area contributed by atoms with Crippen LogP contribution >= 0.6 is 0 Å². The van der Waals surface area contributed by atoms with Crippen LogP contribution in [-0.4, -0.2) is 57.5 Å². The van der Waals surface area contributed by atoms with E-state index < -0.39 is 0 Å². The molecule has 4 rings (SSSR count). The minimum absolute atomic E-state index is 0.0571. The van der Waals surface area contributed by atoms with E-state index in [4.69, 9.17) is 4.74 Å². The molecular formula is C21H26N4O2. The number of aromatic nitrogens is 2. The second kappa shape index (κ2) is 7.74. The van der Waals surface area contributed by atoms with Crippen LogP contribution in [0.1, 0.15) is 29.8 Å². The summed E-state index contributed by atoms with van der Waals surface area (Å²) in [7, 11) is 0. The van der Waals surface area contributed by atoms with Crippen molar-refractivity contribution < 1.29 is 9.53 Å². The first-order valence-electron chi connectivity index (χ1n) is 9.57. The van der Waals surface area contributed by atoms with Gasteiger partial charge in [0.25, 0.3) is 0 Å². The van der Waals surface area contributed by atoms with Crippen LogP contribution in [0, 0.1) is 6.92 Å². The van der Waals surface area contributed by atoms with Gasteiger partial charge in [-0.3, -0.25) is 19.7 Å². The monoisotopic (exact) mass is 366 g/mol. The molecule has 0 bridgehead atoms. The van der Waals surface area contributed by atoms with Crippen LogP contribution in [0.3, 0.4) is 0 Å². The Morgan fingerprint density at radius 1 is 1.15 bits per heavy atom. The largest absolute Gasteiger partial charge is 0.363 e. The van der Waals surface area contributed by atoms with E-state index in [9.17, 15) is 4.79 Å². The second-order valence-corrected chi connectivity index (χ2v) is 7.63. The van der Waals surface area contributed by atoms with Gasteiger partial charge in [-0.05, 0) is 43.5 Å². The zero-order valence-electron chi connectivity index (χ0n) is 15.8. The van der Waals surface area contributed by atoms with Gasteiger partial charge < -0.3 is 9.64 Å². The second-order valence-electron chi connectivity index (χ2n) is 7.63. The number of likely N-dealkylation sites (tertiary alicyclic amines) is 1. The molecule has 0 radical (unpaired) electrons. The number of ether oxygens (including phenoxy) is 1. The molecule has 2 aromatic rings. The Balaban J connectivity index is 1.37. The number of hydrogen-bond donors (Lipinski definition) is 0. The van der Waals surface area contributed by atoms with Crippen LogP contribution in [0.4, 0.5) is 0 Å². The third-order valence-corrected chi connectivity index (χ3v) is 5.53. The third-order valence-electron chi connectivity index (χ3n) is 5.53. The molecule has 0 aromatic carbocycles. The maximum absolute atomic E-state index is 12.4. The molecule has 0 saturated carbocycles. The van der Waals surface area contributed by atoms with E-state index in [0.29, 0.717) is 13.1 Å². The van der Waals surface area contributed by atoms with Gasteiger partial charge >= 0.3 is 0 Å². The lowest BCUT2D eigenvalue weighted by Gasteiger charge is -2.47. The molecule has 2 aliphatic rings. The number of carbonyl (C=O) groups excluding carboxylic acids is 1. The lowest BCUT2D eigenvalue weighted by Crippen LogP contribution is -2.58. The summed E-state index contributed by atoms with van der Waals surface area (Å²) in [4.78, 5) is 25.5. The number of morpholine rings is 1. The Hall–Kier alpha value is -2.31. The first-order chi connectivity index (χ1) is 13.1. The fourth-order valence-corrected chi connectivity index (χ4v) is 3.99. The molecule has 27 heavy (non-hydrogen) atoms. The van der Waals surface area contributed by atoms with Crippen molar-refractivity contribution >= 4 is 5.91 Å². The van der Waals surface area contributed by atoms with Crippen molar-refractivity contribution in [3.63, 3.8) is 0 Å². The molecule has 0 atom stereocenters. The molecule has 0 unspecified atom stereocenters. The van der Waals surface area contributed by atoms with Crippen molar-refractivity contribution in [3.8, 4) is 0 Å². The molecule has 1 spiro atoms. The number of piperidine rings is 1. The van der Waals surface area contributed by atoms with Crippen LogP contribution in [0.2, 0.25) is 0 Å². The first-order valence-corrected chi connectivity index (χ1v) is 9.57. The van der Waals surface area contributed by atoms with E-state index in [-0.39, 0.29) is 18.1 Å². The number of nitrogens with zero attached hydrogens (tertiary/aromatic N) is 4. The van der Waals surface area contributed by atoms with Crippen LogP contribution in [0.25, 0.3) is 0 Å². The van der Waals surface area contributed by atoms with Gasteiger partial charge in [0.2, 0.25) is 5.91 Å². The van der Waals surface area contributed by atoms with E-state index in [1.165, 1.54) is 5.56 Å². The van der Waals surface area contributed by atoms with Crippen LogP contribution in [0.15, 0.2) is 42.7 Å². The van der Waals surface area contributed by atoms with Gasteiger partial charge in [-0.25, -0.2) is 0 Å². The molecule has 2 saturated heterocycles. The maximum Gasteiger partial charge on any atom is 0.249 e. The summed E-state index contributed by atoms with van der Waals surface area (Å²) >= 11 is 0. The van der Waals surface area contributed by atoms with Gasteiger partial charge in [0.1, 0.15) is 6.61 Å². The Morgan fingerprint density at radius 2 is 2.00 bits per heavy atom. The average molecular weight is 366 g/mol. The highest BCUT2D eigenvalue weighted by Crippen LogP contribution is 2.31. The third kappa shape index (κ3) is 4.34. The minimum Gasteiger partial charge on any atom is -0.363 e. The standard InChI is InChI=1S/C21H26N4O2/c1-17-4-2-6-19(23-17)14-25-16-21(27-15-20(25)26)7-10-24(11-8-21)13-18-5-3-9-22-12-18/h2-6,9,12H,7-8,10-11,13-16H2,1H3. The molecule has 2 aliphatic heterocycles. The highest BCUT2D eigenvalue weighted by Gasteiger charge is 2.42. The van der Waals surface area contributed by atoms with Crippen molar-refractivity contribution in [1.82, 2.24) is 19.8 Å². The normalized spacial score (nSPS) is 20.2. The summed E-state index contributed by atoms with van der Waals surface area (Å²) in [5, 5.41) is 0. The van der Waals surface area contributed by atoms with Crippen molar-refractivity contribution in [1.29, 1.82) is 0 Å². The molecule has 6 nitrogen and oxygen atoms in total. The number of carbonyl (C=O) groups is 1. The molecule has 6 heteroatoms. The average Bonchev–Trinajstić information content (AvgIpc) is 2.68. The molecule has 142 valence electrons. The molecule has 4 heterocycles. The number of rotatable bonds is 4. The van der Waals surface area contributed by atoms with Crippen LogP contribution in [-0.2, 0) is 22.6 Å². The molecule has 1 amide bonds. The summed E-state index contributed by atoms with van der Waals surface area (Å²) in [6.07, 6.45) is 5.62. The number of pyridine rings is 2. The molecule has 0 N–H and O–H groups in total. The molecular weight excluding hydrogens is 340 g/mol. The molecule has 2 aromatic heterocycles. The highest BCUT2D eigenvalue weighted by atomic mass is 16.5. The van der Waals surface area contributed by atoms with E-state index in [1.807, 2.05) is 42.3 Å². The number of hydrogen-bond acceptors (Lipinski definition) is 5. The Labute approximate surface area is 160 Å². The number of amides is 1. The van der Waals surface area contributed by atoms with E-state index >= 15 is 0 Å².